The molecule has 1 aromatic carbocycles. The molecule has 1 fully saturated rings. The molecular formula is C33H33ClF6N8O8S. The smallest absolute Gasteiger partial charge is 0.475 e. The number of carbonyl (C=O) groups excluding carboxylic acids is 1. The van der Waals surface area contributed by atoms with E-state index in [1.54, 1.807) is 20.0 Å². The van der Waals surface area contributed by atoms with Crippen LogP contribution in [-0.4, -0.2) is 86.3 Å². The second kappa shape index (κ2) is 18.1. The Labute approximate surface area is 324 Å². The molecule has 308 valence electrons. The molecule has 1 amide bonds. The third-order valence-electron chi connectivity index (χ3n) is 8.22. The zero-order valence-electron chi connectivity index (χ0n) is 29.7. The highest BCUT2D eigenvalue weighted by Crippen LogP contribution is 2.32. The number of anilines is 5. The quantitative estimate of drug-likeness (QED) is 0.137. The number of fused-ring (bicyclic) bond motifs is 6. The number of rotatable bonds is 5. The van der Waals surface area contributed by atoms with E-state index in [2.05, 4.69) is 36.1 Å². The summed E-state index contributed by atoms with van der Waals surface area (Å²) in [7, 11) is -3.70. The number of hydrogen-bond acceptors (Lipinski definition) is 12. The van der Waals surface area contributed by atoms with Gasteiger partial charge in [-0.3, -0.25) is 9.78 Å². The molecule has 0 radical (unpaired) electrons. The lowest BCUT2D eigenvalue weighted by atomic mass is 9.94. The Hall–Kier alpha value is -5.55. The van der Waals surface area contributed by atoms with E-state index < -0.39 is 34.3 Å². The summed E-state index contributed by atoms with van der Waals surface area (Å²) < 4.78 is 96.3. The van der Waals surface area contributed by atoms with Gasteiger partial charge in [-0.15, -0.1) is 0 Å². The number of benzene rings is 1. The van der Waals surface area contributed by atoms with Crippen LogP contribution in [-0.2, 0) is 37.2 Å². The number of aliphatic carboxylic acids is 2. The minimum atomic E-state index is -5.08. The van der Waals surface area contributed by atoms with Crippen LogP contribution < -0.4 is 16.0 Å². The number of nitrogens with zero attached hydrogens (tertiary/aromatic N) is 5. The van der Waals surface area contributed by atoms with Crippen molar-refractivity contribution in [2.24, 2.45) is 5.92 Å². The largest absolute Gasteiger partial charge is 0.490 e. The van der Waals surface area contributed by atoms with Crippen LogP contribution in [0.25, 0.3) is 0 Å². The Morgan fingerprint density at radius 2 is 1.58 bits per heavy atom. The number of aromatic nitrogens is 4. The van der Waals surface area contributed by atoms with Crippen LogP contribution in [0, 0.1) is 19.8 Å². The SMILES string of the molecule is Cc1noc(C)c1S(=O)(=O)N1CCC(CC(=O)Nc2ccc3cc2CCc2cncc(c2)Nc2ncc(Cl)c(n2)N3)CC1.O=C(O)C(F)(F)F.O=C(O)C(F)(F)F. The molecule has 24 heteroatoms. The monoisotopic (exact) mass is 850 g/mol. The first-order chi connectivity index (χ1) is 26.5. The average molecular weight is 851 g/mol. The number of pyridine rings is 1. The predicted octanol–water partition coefficient (Wildman–Crippen LogP) is 6.41. The zero-order chi connectivity index (χ0) is 42.3. The molecule has 6 rings (SSSR count). The van der Waals surface area contributed by atoms with Crippen LogP contribution in [0.3, 0.4) is 0 Å². The molecule has 5 N–H and O–H groups in total. The second-order valence-corrected chi connectivity index (χ2v) is 14.7. The highest BCUT2D eigenvalue weighted by molar-refractivity contribution is 7.89. The van der Waals surface area contributed by atoms with Crippen LogP contribution >= 0.6 is 11.6 Å². The summed E-state index contributed by atoms with van der Waals surface area (Å²) in [4.78, 5) is 44.3. The molecule has 3 aromatic heterocycles. The van der Waals surface area contributed by atoms with Crippen molar-refractivity contribution in [3.05, 3.63) is 70.5 Å². The Morgan fingerprint density at radius 3 is 2.16 bits per heavy atom. The van der Waals surface area contributed by atoms with E-state index >= 15 is 0 Å². The number of alkyl halides is 6. The molecule has 1 saturated heterocycles. The number of sulfonamides is 1. The molecule has 57 heavy (non-hydrogen) atoms. The Balaban J connectivity index is 0.000000440. The lowest BCUT2D eigenvalue weighted by Gasteiger charge is -2.30. The van der Waals surface area contributed by atoms with E-state index in [0.717, 1.165) is 28.2 Å². The molecule has 16 nitrogen and oxygen atoms in total. The van der Waals surface area contributed by atoms with Crippen molar-refractivity contribution < 1.29 is 63.9 Å². The third-order valence-corrected chi connectivity index (χ3v) is 10.6. The number of carbonyl (C=O) groups is 3. The molecule has 0 unspecified atom stereocenters. The highest BCUT2D eigenvalue weighted by atomic mass is 35.5. The van der Waals surface area contributed by atoms with Crippen molar-refractivity contribution in [2.45, 2.75) is 63.2 Å². The van der Waals surface area contributed by atoms with Crippen LogP contribution in [0.4, 0.5) is 55.2 Å². The number of aryl methyl sites for hydroxylation is 4. The van der Waals surface area contributed by atoms with Gasteiger partial charge in [0.15, 0.2) is 11.6 Å². The fourth-order valence-electron chi connectivity index (χ4n) is 5.54. The predicted molar refractivity (Wildman–Crippen MR) is 190 cm³/mol. The first-order valence-corrected chi connectivity index (χ1v) is 18.3. The summed E-state index contributed by atoms with van der Waals surface area (Å²) in [5.41, 5.74) is 4.58. The molecule has 2 aliphatic heterocycles. The van der Waals surface area contributed by atoms with Gasteiger partial charge in [0.05, 0.1) is 18.1 Å². The molecule has 5 heterocycles. The van der Waals surface area contributed by atoms with Crippen molar-refractivity contribution in [2.75, 3.05) is 29.0 Å². The zero-order valence-corrected chi connectivity index (χ0v) is 31.3. The van der Waals surface area contributed by atoms with E-state index in [4.69, 9.17) is 35.9 Å². The molecular weight excluding hydrogens is 818 g/mol. The standard InChI is InChI=1S/C29H31ClN8O4S.2C2HF3O2/c1-17-27(18(2)42-37-17)43(40,41)38-9-7-19(8-10-38)12-26(39)35-25-6-5-22-13-21(25)4-3-20-11-23(15-31-14-20)34-29-32-16-24(30)28(33-22)36-29;2*3-2(4,5)1(6)7/h5-6,11,13-16,19H,3-4,7-10,12H2,1-2H3,(H,35,39)(H2,32,33,34,36);2*(H,6,7). The van der Waals surface area contributed by atoms with Crippen LogP contribution in [0.5, 0.6) is 0 Å². The summed E-state index contributed by atoms with van der Waals surface area (Å²) in [6.07, 6.45) is -2.28. The van der Waals surface area contributed by atoms with Gasteiger partial charge in [0.1, 0.15) is 15.6 Å². The topological polar surface area (TPSA) is 230 Å². The molecule has 0 aliphatic carbocycles. The van der Waals surface area contributed by atoms with Crippen LogP contribution in [0.2, 0.25) is 5.02 Å². The number of hydrogen-bond donors (Lipinski definition) is 5. The molecule has 6 bridgehead atoms. The molecule has 2 aliphatic rings. The van der Waals surface area contributed by atoms with Gasteiger partial charge in [0, 0.05) is 37.1 Å². The van der Waals surface area contributed by atoms with Crippen molar-refractivity contribution in [3.8, 4) is 0 Å². The minimum Gasteiger partial charge on any atom is -0.475 e. The van der Waals surface area contributed by atoms with Gasteiger partial charge in [-0.25, -0.2) is 23.0 Å². The summed E-state index contributed by atoms with van der Waals surface area (Å²) in [6.45, 7) is 3.90. The first-order valence-electron chi connectivity index (χ1n) is 16.5. The second-order valence-electron chi connectivity index (χ2n) is 12.5. The van der Waals surface area contributed by atoms with Gasteiger partial charge in [0.25, 0.3) is 0 Å². The van der Waals surface area contributed by atoms with Crippen molar-refractivity contribution in [1.29, 1.82) is 0 Å². The number of carboxylic acids is 2. The summed E-state index contributed by atoms with van der Waals surface area (Å²) in [5, 5.41) is 27.9. The Morgan fingerprint density at radius 1 is 0.947 bits per heavy atom. The van der Waals surface area contributed by atoms with Gasteiger partial charge in [-0.05, 0) is 80.8 Å². The molecule has 0 spiro atoms. The highest BCUT2D eigenvalue weighted by Gasteiger charge is 2.39. The van der Waals surface area contributed by atoms with Crippen LogP contribution in [0.1, 0.15) is 41.8 Å². The van der Waals surface area contributed by atoms with E-state index in [9.17, 15) is 39.6 Å². The summed E-state index contributed by atoms with van der Waals surface area (Å²) in [5.74, 6) is -4.43. The van der Waals surface area contributed by atoms with Gasteiger partial charge >= 0.3 is 24.3 Å². The number of carboxylic acid groups (broad SMARTS) is 2. The van der Waals surface area contributed by atoms with E-state index in [1.165, 1.54) is 10.5 Å². The minimum absolute atomic E-state index is 0.0672. The first kappa shape index (κ1) is 44.2. The Kier molecular flexibility index (Phi) is 14.1. The number of piperidine rings is 1. The maximum atomic E-state index is 13.2. The maximum Gasteiger partial charge on any atom is 0.490 e. The van der Waals surface area contributed by atoms with Crippen molar-refractivity contribution >= 4 is 68.3 Å². The average Bonchev–Trinajstić information content (AvgIpc) is 3.47. The van der Waals surface area contributed by atoms with Gasteiger partial charge in [-0.1, -0.05) is 16.8 Å². The fourth-order valence-corrected chi connectivity index (χ4v) is 7.44. The molecule has 4 aromatic rings. The van der Waals surface area contributed by atoms with Gasteiger partial charge in [0.2, 0.25) is 21.9 Å². The molecule has 0 atom stereocenters. The lowest BCUT2D eigenvalue weighted by Crippen LogP contribution is -2.39. The van der Waals surface area contributed by atoms with Crippen molar-refractivity contribution in [3.63, 3.8) is 0 Å². The maximum absolute atomic E-state index is 13.2. The normalized spacial score (nSPS) is 14.7. The van der Waals surface area contributed by atoms with Crippen LogP contribution in [0.15, 0.2) is 52.3 Å². The summed E-state index contributed by atoms with van der Waals surface area (Å²) >= 11 is 6.37. The molecule has 0 saturated carbocycles. The van der Waals surface area contributed by atoms with E-state index in [-0.39, 0.29) is 22.5 Å². The fraction of sp³-hybridized carbons (Fsp3) is 0.364. The third kappa shape index (κ3) is 12.2. The summed E-state index contributed by atoms with van der Waals surface area (Å²) in [6, 6.07) is 7.71. The van der Waals surface area contributed by atoms with E-state index in [1.807, 2.05) is 30.5 Å². The number of halogens is 7. The number of amides is 1. The van der Waals surface area contributed by atoms with Crippen molar-refractivity contribution in [1.82, 2.24) is 24.4 Å². The number of nitrogens with one attached hydrogen (secondary N) is 3. The lowest BCUT2D eigenvalue weighted by molar-refractivity contribution is -0.193. The van der Waals surface area contributed by atoms with Gasteiger partial charge in [-0.2, -0.15) is 35.6 Å². The Bertz CT molecular complexity index is 2170. The van der Waals surface area contributed by atoms with E-state index in [0.29, 0.717) is 67.7 Å². The van der Waals surface area contributed by atoms with Gasteiger partial charge < -0.3 is 30.7 Å².